The molecule has 0 aliphatic carbocycles. The highest BCUT2D eigenvalue weighted by Crippen LogP contribution is 0.953. The first kappa shape index (κ1) is 3.78. The maximum Gasteiger partial charge on any atom is 0.391 e. The van der Waals surface area contributed by atoms with Crippen LogP contribution in [0.1, 0.15) is 0 Å². The highest BCUT2D eigenvalue weighted by Gasteiger charge is 1.48. The van der Waals surface area contributed by atoms with E-state index in [9.17, 15) is 0 Å². The number of hydrogen-bond acceptors (Lipinski definition) is 2. The van der Waals surface area contributed by atoms with E-state index in [1.807, 2.05) is 5.09 Å². The number of hydrazine groups is 1. The van der Waals surface area contributed by atoms with Gasteiger partial charge in [-0.2, -0.15) is 0 Å². The highest BCUT2D eigenvalue weighted by atomic mass is 28.2. The molecule has 0 amide bonds. The second kappa shape index (κ2) is 2.78. The highest BCUT2D eigenvalue weighted by molar-refractivity contribution is 6.12. The van der Waals surface area contributed by atoms with E-state index in [1.54, 1.807) is 0 Å². The standard InChI is InChI=1S/H4N2OSi/c1-2-4-3/h2,4H,1H2. The van der Waals surface area contributed by atoms with Crippen LogP contribution in [0.15, 0.2) is 0 Å². The largest absolute Gasteiger partial charge is 0.391 e. The van der Waals surface area contributed by atoms with Crippen molar-refractivity contribution in [1.82, 2.24) is 5.09 Å². The molecule has 0 saturated heterocycles. The van der Waals surface area contributed by atoms with Gasteiger partial charge in [-0.1, -0.05) is 0 Å². The second-order valence-corrected chi connectivity index (χ2v) is 0.854. The van der Waals surface area contributed by atoms with Gasteiger partial charge in [0.2, 0.25) is 0 Å². The summed E-state index contributed by atoms with van der Waals surface area (Å²) in [5, 5.41) is 1.96. The minimum absolute atomic E-state index is 0.940. The molecule has 0 aromatic heterocycles. The summed E-state index contributed by atoms with van der Waals surface area (Å²) >= 11 is 0. The van der Waals surface area contributed by atoms with Crippen LogP contribution in [-0.4, -0.2) is 9.57 Å². The van der Waals surface area contributed by atoms with E-state index >= 15 is 0 Å². The van der Waals surface area contributed by atoms with Gasteiger partial charge in [0, 0.05) is 0 Å². The smallest absolute Gasteiger partial charge is 0.362 e. The summed E-state index contributed by atoms with van der Waals surface area (Å²) in [5.41, 5.74) is 0. The van der Waals surface area contributed by atoms with Gasteiger partial charge in [0.1, 0.15) is 0 Å². The van der Waals surface area contributed by atoms with Crippen LogP contribution >= 0.6 is 0 Å². The predicted octanol–water partition coefficient (Wildman–Crippen LogP) is -1.85. The molecule has 0 aliphatic heterocycles. The molecule has 0 bridgehead atoms. The summed E-state index contributed by atoms with van der Waals surface area (Å²) in [4.78, 5) is 0. The molecule has 3 nitrogen and oxygen atoms in total. The molecule has 0 rings (SSSR count). The summed E-state index contributed by atoms with van der Waals surface area (Å²) in [6, 6.07) is 0. The van der Waals surface area contributed by atoms with Crippen molar-refractivity contribution >= 4 is 9.57 Å². The van der Waals surface area contributed by atoms with Crippen LogP contribution in [0.25, 0.3) is 0 Å². The summed E-state index contributed by atoms with van der Waals surface area (Å²) in [6.07, 6.45) is 0. The van der Waals surface area contributed by atoms with Crippen LogP contribution in [0.2, 0.25) is 0 Å². The average molecular weight is 76.1 g/mol. The monoisotopic (exact) mass is 76.0 g/mol. The van der Waals surface area contributed by atoms with Gasteiger partial charge in [0.15, 0.2) is 0 Å². The quantitative estimate of drug-likeness (QED) is 0.219. The van der Waals surface area contributed by atoms with Gasteiger partial charge >= 0.3 is 9.57 Å². The number of nitrogens with one attached hydrogen (secondary N) is 1. The molecule has 24 valence electrons. The molecule has 0 unspecified atom stereocenters. The van der Waals surface area contributed by atoms with Crippen LogP contribution in [0.4, 0.5) is 0 Å². The summed E-state index contributed by atoms with van der Waals surface area (Å²) in [6.45, 7) is 0. The fourth-order valence-electron chi connectivity index (χ4n) is 0. The number of rotatable bonds is 1. The van der Waals surface area contributed by atoms with Crippen molar-refractivity contribution in [2.24, 2.45) is 5.84 Å². The third-order valence-corrected chi connectivity index (χ3v) is 0.204. The van der Waals surface area contributed by atoms with E-state index in [0.717, 1.165) is 0 Å². The molecule has 4 heteroatoms. The molecule has 0 atom stereocenters. The Morgan fingerprint density at radius 1 is 2.00 bits per heavy atom. The van der Waals surface area contributed by atoms with Crippen molar-refractivity contribution in [3.8, 4) is 0 Å². The van der Waals surface area contributed by atoms with Gasteiger partial charge in [-0.25, -0.2) is 0 Å². The molecule has 0 aromatic carbocycles. The van der Waals surface area contributed by atoms with Gasteiger partial charge in [-0.3, -0.25) is 5.84 Å². The molecule has 0 aliphatic rings. The maximum absolute atomic E-state index is 9.15. The average Bonchev–Trinajstić information content (AvgIpc) is 1.37. The van der Waals surface area contributed by atoms with Gasteiger partial charge < -0.3 is 9.55 Å². The van der Waals surface area contributed by atoms with E-state index in [1.165, 1.54) is 0 Å². The fourth-order valence-corrected chi connectivity index (χ4v) is 0. The molecular formula is H4N2OSi. The van der Waals surface area contributed by atoms with E-state index in [4.69, 9.17) is 4.46 Å². The van der Waals surface area contributed by atoms with Crippen molar-refractivity contribution in [2.75, 3.05) is 0 Å². The molecular weight excluding hydrogens is 72.1 g/mol. The Labute approximate surface area is 26.1 Å². The molecule has 0 aromatic rings. The van der Waals surface area contributed by atoms with Crippen LogP contribution in [0, 0.1) is 0 Å². The van der Waals surface area contributed by atoms with Gasteiger partial charge in [-0.05, 0) is 0 Å². The predicted molar refractivity (Wildman–Crippen MR) is 15.2 cm³/mol. The van der Waals surface area contributed by atoms with E-state index in [-0.39, 0.29) is 0 Å². The molecule has 0 spiro atoms. The van der Waals surface area contributed by atoms with E-state index in [0.29, 0.717) is 0 Å². The molecule has 4 heavy (non-hydrogen) atoms. The Bertz CT molecular complexity index is 20.0. The summed E-state index contributed by atoms with van der Waals surface area (Å²) in [5.74, 6) is 4.50. The molecule has 0 heterocycles. The Hall–Kier alpha value is -0.223. The zero-order valence-corrected chi connectivity index (χ0v) is 3.22. The number of nitrogens with two attached hydrogens (primary N) is 1. The Morgan fingerprint density at radius 2 is 2.25 bits per heavy atom. The Kier molecular flexibility index (Phi) is 2.62. The molecule has 0 fully saturated rings. The van der Waals surface area contributed by atoms with Crippen LogP contribution in [-0.2, 0) is 4.46 Å². The summed E-state index contributed by atoms with van der Waals surface area (Å²) < 4.78 is 9.15. The third-order valence-electron chi connectivity index (χ3n) is 0.0680. The van der Waals surface area contributed by atoms with Crippen LogP contribution in [0.5, 0.6) is 0 Å². The lowest BCUT2D eigenvalue weighted by Crippen LogP contribution is -2.19. The lowest BCUT2D eigenvalue weighted by Gasteiger charge is -1.65. The van der Waals surface area contributed by atoms with Crippen LogP contribution in [0.3, 0.4) is 0 Å². The Morgan fingerprint density at radius 3 is 2.25 bits per heavy atom. The molecule has 3 N–H and O–H groups in total. The van der Waals surface area contributed by atoms with Crippen molar-refractivity contribution in [3.05, 3.63) is 0 Å². The number of hydrogen-bond donors (Lipinski definition) is 2. The molecule has 0 saturated carbocycles. The topological polar surface area (TPSA) is 55.1 Å². The zero-order chi connectivity index (χ0) is 3.41. The fraction of sp³-hybridized carbons (Fsp3) is 0. The second-order valence-electron chi connectivity index (χ2n) is 0.285. The maximum atomic E-state index is 9.15. The minimum Gasteiger partial charge on any atom is -0.362 e. The SMILES string of the molecule is NN[SiH]=O. The first-order valence-corrected chi connectivity index (χ1v) is 1.86. The first-order chi connectivity index (χ1) is 1.91. The minimum atomic E-state index is -0.940. The first-order valence-electron chi connectivity index (χ1n) is 0.813. The lowest BCUT2D eigenvalue weighted by molar-refractivity contribution is 0.568. The Balaban J connectivity index is 2.30. The van der Waals surface area contributed by atoms with Crippen LogP contribution < -0.4 is 10.9 Å². The van der Waals surface area contributed by atoms with Crippen molar-refractivity contribution in [2.45, 2.75) is 0 Å². The van der Waals surface area contributed by atoms with Crippen molar-refractivity contribution in [3.63, 3.8) is 0 Å². The van der Waals surface area contributed by atoms with E-state index < -0.39 is 9.57 Å². The van der Waals surface area contributed by atoms with Crippen molar-refractivity contribution in [1.29, 1.82) is 0 Å². The van der Waals surface area contributed by atoms with Crippen molar-refractivity contribution < 1.29 is 4.46 Å². The summed E-state index contributed by atoms with van der Waals surface area (Å²) in [7, 11) is -0.940. The molecule has 0 radical (unpaired) electrons. The lowest BCUT2D eigenvalue weighted by atomic mass is 13.0. The third kappa shape index (κ3) is 1.78. The van der Waals surface area contributed by atoms with Gasteiger partial charge in [-0.15, -0.1) is 0 Å². The van der Waals surface area contributed by atoms with Gasteiger partial charge in [0.05, 0.1) is 0 Å². The zero-order valence-electron chi connectivity index (χ0n) is 2.06. The normalized spacial score (nSPS) is 5.25. The van der Waals surface area contributed by atoms with Gasteiger partial charge in [0.25, 0.3) is 0 Å². The van der Waals surface area contributed by atoms with E-state index in [2.05, 4.69) is 5.84 Å².